The Morgan fingerprint density at radius 3 is 2.77 bits per heavy atom. The quantitative estimate of drug-likeness (QED) is 0.667. The van der Waals surface area contributed by atoms with Crippen LogP contribution in [0.4, 0.5) is 0 Å². The first kappa shape index (κ1) is 8.07. The molecule has 1 aliphatic carbocycles. The molecule has 0 unspecified atom stereocenters. The normalized spacial score (nSPS) is 13.5. The fourth-order valence-corrected chi connectivity index (χ4v) is 1.57. The van der Waals surface area contributed by atoms with E-state index in [4.69, 9.17) is 5.26 Å². The van der Waals surface area contributed by atoms with E-state index in [2.05, 4.69) is 24.3 Å². The molecule has 1 aliphatic rings. The summed E-state index contributed by atoms with van der Waals surface area (Å²) in [5.74, 6) is 0. The van der Waals surface area contributed by atoms with Crippen LogP contribution in [0.5, 0.6) is 0 Å². The molecule has 64 valence electrons. The Bertz CT molecular complexity index is 383. The molecule has 0 saturated heterocycles. The van der Waals surface area contributed by atoms with Crippen molar-refractivity contribution < 1.29 is 0 Å². The van der Waals surface area contributed by atoms with E-state index in [-0.39, 0.29) is 0 Å². The van der Waals surface area contributed by atoms with Crippen molar-refractivity contribution in [2.24, 2.45) is 0 Å². The van der Waals surface area contributed by atoms with E-state index in [1.54, 1.807) is 0 Å². The zero-order valence-corrected chi connectivity index (χ0v) is 7.46. The van der Waals surface area contributed by atoms with Crippen LogP contribution in [0.2, 0.25) is 0 Å². The predicted octanol–water partition coefficient (Wildman–Crippen LogP) is 2.71. The molecule has 0 fully saturated rings. The highest BCUT2D eigenvalue weighted by Gasteiger charge is 2.11. The van der Waals surface area contributed by atoms with Gasteiger partial charge in [-0.05, 0) is 29.5 Å². The molecule has 1 heteroatoms. The Kier molecular flexibility index (Phi) is 2.14. The average molecular weight is 169 g/mol. The van der Waals surface area contributed by atoms with E-state index in [9.17, 15) is 0 Å². The summed E-state index contributed by atoms with van der Waals surface area (Å²) in [4.78, 5) is 0. The fraction of sp³-hybridized carbons (Fsp3) is 0.250. The fourth-order valence-electron chi connectivity index (χ4n) is 1.57. The van der Waals surface area contributed by atoms with Crippen molar-refractivity contribution in [3.05, 3.63) is 41.0 Å². The number of nitrogens with zero attached hydrogens (tertiary/aromatic N) is 1. The van der Waals surface area contributed by atoms with Crippen molar-refractivity contribution in [1.82, 2.24) is 0 Å². The number of allylic oxidation sites excluding steroid dienone is 1. The first-order valence-electron chi connectivity index (χ1n) is 4.55. The van der Waals surface area contributed by atoms with E-state index in [1.807, 2.05) is 12.2 Å². The lowest BCUT2D eigenvalue weighted by atomic mass is 9.87. The van der Waals surface area contributed by atoms with Gasteiger partial charge < -0.3 is 0 Å². The van der Waals surface area contributed by atoms with E-state index in [0.29, 0.717) is 6.42 Å². The summed E-state index contributed by atoms with van der Waals surface area (Å²) in [6, 6.07) is 8.61. The third-order valence-corrected chi connectivity index (χ3v) is 2.41. The van der Waals surface area contributed by atoms with Crippen LogP contribution in [0, 0.1) is 11.3 Å². The van der Waals surface area contributed by atoms with Gasteiger partial charge in [-0.3, -0.25) is 0 Å². The number of hydrogen-bond acceptors (Lipinski definition) is 1. The minimum Gasteiger partial charge on any atom is -0.198 e. The Labute approximate surface area is 78.3 Å². The molecule has 0 atom stereocenters. The summed E-state index contributed by atoms with van der Waals surface area (Å²) in [6.07, 6.45) is 6.87. The van der Waals surface area contributed by atoms with Crippen LogP contribution in [0.25, 0.3) is 6.08 Å². The van der Waals surface area contributed by atoms with Gasteiger partial charge in [-0.15, -0.1) is 0 Å². The summed E-state index contributed by atoms with van der Waals surface area (Å²) in [6.45, 7) is 0. The minimum absolute atomic E-state index is 0.497. The molecule has 0 radical (unpaired) electrons. The Morgan fingerprint density at radius 1 is 1.31 bits per heavy atom. The largest absolute Gasteiger partial charge is 0.198 e. The predicted molar refractivity (Wildman–Crippen MR) is 53.1 cm³/mol. The first-order chi connectivity index (χ1) is 6.40. The van der Waals surface area contributed by atoms with Crippen LogP contribution in [0.1, 0.15) is 23.1 Å². The Morgan fingerprint density at radius 2 is 2.15 bits per heavy atom. The van der Waals surface area contributed by atoms with Crippen LogP contribution in [0.15, 0.2) is 24.3 Å². The molecule has 0 spiro atoms. The van der Waals surface area contributed by atoms with Gasteiger partial charge in [-0.2, -0.15) is 5.26 Å². The highest BCUT2D eigenvalue weighted by atomic mass is 14.2. The second-order valence-corrected chi connectivity index (χ2v) is 3.29. The topological polar surface area (TPSA) is 23.8 Å². The van der Waals surface area contributed by atoms with Crippen LogP contribution < -0.4 is 0 Å². The van der Waals surface area contributed by atoms with E-state index in [0.717, 1.165) is 0 Å². The van der Waals surface area contributed by atoms with Crippen molar-refractivity contribution in [1.29, 1.82) is 5.26 Å². The zero-order valence-electron chi connectivity index (χ0n) is 7.46. The average Bonchev–Trinajstić information content (AvgIpc) is 2.10. The van der Waals surface area contributed by atoms with E-state index in [1.165, 1.54) is 29.5 Å². The molecule has 0 saturated carbocycles. The van der Waals surface area contributed by atoms with Gasteiger partial charge >= 0.3 is 0 Å². The summed E-state index contributed by atoms with van der Waals surface area (Å²) in [5.41, 5.74) is 4.17. The standard InChI is InChI=1S/C12H11N/c13-8-2-1-3-10-4-5-11-6-7-12(11)9-10/h1,3-5,9H,2,6-7H2. The first-order valence-corrected chi connectivity index (χ1v) is 4.55. The number of fused-ring (bicyclic) bond motifs is 1. The third kappa shape index (κ3) is 1.62. The molecule has 0 heterocycles. The second-order valence-electron chi connectivity index (χ2n) is 3.29. The van der Waals surface area contributed by atoms with Gasteiger partial charge in [0.05, 0.1) is 12.5 Å². The van der Waals surface area contributed by atoms with Crippen LogP contribution in [0.3, 0.4) is 0 Å². The van der Waals surface area contributed by atoms with Crippen molar-refractivity contribution in [2.75, 3.05) is 0 Å². The highest BCUT2D eigenvalue weighted by molar-refractivity contribution is 5.53. The van der Waals surface area contributed by atoms with Gasteiger partial charge in [0.25, 0.3) is 0 Å². The van der Waals surface area contributed by atoms with Crippen molar-refractivity contribution in [3.63, 3.8) is 0 Å². The number of hydrogen-bond donors (Lipinski definition) is 0. The summed E-state index contributed by atoms with van der Waals surface area (Å²) < 4.78 is 0. The molecule has 0 aliphatic heterocycles. The van der Waals surface area contributed by atoms with Gasteiger partial charge in [0, 0.05) is 0 Å². The number of nitriles is 1. The van der Waals surface area contributed by atoms with E-state index < -0.39 is 0 Å². The van der Waals surface area contributed by atoms with Gasteiger partial charge in [-0.1, -0.05) is 30.4 Å². The van der Waals surface area contributed by atoms with Gasteiger partial charge in [-0.25, -0.2) is 0 Å². The molecule has 1 aromatic carbocycles. The molecule has 1 aromatic rings. The monoisotopic (exact) mass is 169 g/mol. The maximum atomic E-state index is 8.35. The SMILES string of the molecule is N#CCC=Cc1ccc2c(c1)CC2. The molecule has 1 nitrogen and oxygen atoms in total. The second kappa shape index (κ2) is 3.45. The Balaban J connectivity index is 2.14. The molecule has 0 bridgehead atoms. The summed E-state index contributed by atoms with van der Waals surface area (Å²) in [7, 11) is 0. The molecule has 2 rings (SSSR count). The van der Waals surface area contributed by atoms with Crippen molar-refractivity contribution in [3.8, 4) is 6.07 Å². The van der Waals surface area contributed by atoms with Crippen LogP contribution in [-0.4, -0.2) is 0 Å². The number of aryl methyl sites for hydroxylation is 2. The number of benzene rings is 1. The van der Waals surface area contributed by atoms with Gasteiger partial charge in [0.1, 0.15) is 0 Å². The molecule has 0 N–H and O–H groups in total. The van der Waals surface area contributed by atoms with Crippen LogP contribution >= 0.6 is 0 Å². The zero-order chi connectivity index (χ0) is 9.10. The Hall–Kier alpha value is -1.55. The maximum Gasteiger partial charge on any atom is 0.0663 e. The van der Waals surface area contributed by atoms with Gasteiger partial charge in [0.2, 0.25) is 0 Å². The maximum absolute atomic E-state index is 8.35. The minimum atomic E-state index is 0.497. The molecular formula is C12H11N. The highest BCUT2D eigenvalue weighted by Crippen LogP contribution is 2.24. The van der Waals surface area contributed by atoms with Crippen molar-refractivity contribution >= 4 is 6.08 Å². The van der Waals surface area contributed by atoms with Gasteiger partial charge in [0.15, 0.2) is 0 Å². The lowest BCUT2D eigenvalue weighted by Crippen LogP contribution is -2.07. The lowest BCUT2D eigenvalue weighted by Gasteiger charge is -2.18. The lowest BCUT2D eigenvalue weighted by molar-refractivity contribution is 0.839. The molecular weight excluding hydrogens is 158 g/mol. The molecule has 0 amide bonds. The number of rotatable bonds is 2. The van der Waals surface area contributed by atoms with Crippen molar-refractivity contribution in [2.45, 2.75) is 19.3 Å². The third-order valence-electron chi connectivity index (χ3n) is 2.41. The molecule has 13 heavy (non-hydrogen) atoms. The van der Waals surface area contributed by atoms with Crippen LogP contribution in [-0.2, 0) is 12.8 Å². The summed E-state index contributed by atoms with van der Waals surface area (Å²) in [5, 5.41) is 8.35. The summed E-state index contributed by atoms with van der Waals surface area (Å²) >= 11 is 0. The molecule has 0 aromatic heterocycles. The smallest absolute Gasteiger partial charge is 0.0663 e. The van der Waals surface area contributed by atoms with E-state index >= 15 is 0 Å².